The van der Waals surface area contributed by atoms with E-state index in [1.807, 2.05) is 6.92 Å². The molecule has 3 heteroatoms. The lowest BCUT2D eigenvalue weighted by atomic mass is 9.67. The van der Waals surface area contributed by atoms with Crippen LogP contribution in [0.15, 0.2) is 18.2 Å². The molecule has 1 aliphatic carbocycles. The zero-order chi connectivity index (χ0) is 13.5. The van der Waals surface area contributed by atoms with Crippen molar-refractivity contribution >= 4 is 5.97 Å². The lowest BCUT2D eigenvalue weighted by Gasteiger charge is -2.46. The summed E-state index contributed by atoms with van der Waals surface area (Å²) in [5.74, 6) is -1.05. The van der Waals surface area contributed by atoms with Crippen molar-refractivity contribution in [3.05, 3.63) is 34.9 Å². The first kappa shape index (κ1) is 12.7. The van der Waals surface area contributed by atoms with Gasteiger partial charge in [-0.3, -0.25) is 4.79 Å². The molecule has 102 valence electrons. The number of hydrogen-bond donors (Lipinski definition) is 1. The van der Waals surface area contributed by atoms with Crippen molar-refractivity contribution in [1.29, 1.82) is 0 Å². The highest BCUT2D eigenvalue weighted by molar-refractivity contribution is 5.73. The number of carbonyl (C=O) groups is 1. The van der Waals surface area contributed by atoms with Crippen molar-refractivity contribution in [3.8, 4) is 0 Å². The van der Waals surface area contributed by atoms with Gasteiger partial charge in [0.05, 0.1) is 24.5 Å². The summed E-state index contributed by atoms with van der Waals surface area (Å²) < 4.78 is 5.38. The van der Waals surface area contributed by atoms with Crippen LogP contribution in [0.4, 0.5) is 0 Å². The standard InChI is InChI=1S/C16H20O3/c1-2-14(15(17)18)16(9-19-10-16)13-7-6-11-4-3-5-12(11)8-13/h6-8,14H,2-5,9-10H2,1H3,(H,17,18). The highest BCUT2D eigenvalue weighted by Crippen LogP contribution is 2.42. The van der Waals surface area contributed by atoms with Crippen LogP contribution in [-0.2, 0) is 27.8 Å². The second-order valence-corrected chi connectivity index (χ2v) is 5.79. The summed E-state index contributed by atoms with van der Waals surface area (Å²) in [7, 11) is 0. The first-order valence-corrected chi connectivity index (χ1v) is 7.10. The number of hydrogen-bond acceptors (Lipinski definition) is 2. The Labute approximate surface area is 113 Å². The van der Waals surface area contributed by atoms with Gasteiger partial charge in [0.2, 0.25) is 0 Å². The molecule has 0 bridgehead atoms. The number of benzene rings is 1. The molecular weight excluding hydrogens is 240 g/mol. The van der Waals surface area contributed by atoms with Crippen LogP contribution in [0, 0.1) is 5.92 Å². The van der Waals surface area contributed by atoms with Gasteiger partial charge in [0.25, 0.3) is 0 Å². The molecule has 0 amide bonds. The van der Waals surface area contributed by atoms with E-state index in [9.17, 15) is 9.90 Å². The molecule has 0 spiro atoms. The van der Waals surface area contributed by atoms with Crippen molar-refractivity contribution in [2.75, 3.05) is 13.2 Å². The average Bonchev–Trinajstić information content (AvgIpc) is 2.79. The van der Waals surface area contributed by atoms with Gasteiger partial charge in [0.15, 0.2) is 0 Å². The maximum Gasteiger partial charge on any atom is 0.307 e. The Morgan fingerprint density at radius 2 is 2.11 bits per heavy atom. The van der Waals surface area contributed by atoms with Gasteiger partial charge in [0.1, 0.15) is 0 Å². The molecule has 1 atom stereocenters. The van der Waals surface area contributed by atoms with Gasteiger partial charge < -0.3 is 9.84 Å². The van der Waals surface area contributed by atoms with Crippen molar-refractivity contribution < 1.29 is 14.6 Å². The molecule has 1 unspecified atom stereocenters. The quantitative estimate of drug-likeness (QED) is 0.905. The van der Waals surface area contributed by atoms with Crippen LogP contribution in [0.1, 0.15) is 36.5 Å². The normalized spacial score (nSPS) is 21.5. The van der Waals surface area contributed by atoms with Crippen molar-refractivity contribution in [2.45, 2.75) is 38.0 Å². The van der Waals surface area contributed by atoms with Gasteiger partial charge in [-0.1, -0.05) is 25.1 Å². The number of rotatable bonds is 4. The Kier molecular flexibility index (Phi) is 3.09. The van der Waals surface area contributed by atoms with E-state index < -0.39 is 5.97 Å². The third-order valence-corrected chi connectivity index (χ3v) is 4.77. The van der Waals surface area contributed by atoms with Crippen LogP contribution < -0.4 is 0 Å². The zero-order valence-corrected chi connectivity index (χ0v) is 11.3. The van der Waals surface area contributed by atoms with Crippen molar-refractivity contribution in [3.63, 3.8) is 0 Å². The number of aryl methyl sites for hydroxylation is 2. The molecule has 1 aliphatic heterocycles. The van der Waals surface area contributed by atoms with Gasteiger partial charge in [0, 0.05) is 0 Å². The van der Waals surface area contributed by atoms with Gasteiger partial charge in [-0.25, -0.2) is 0 Å². The van der Waals surface area contributed by atoms with E-state index in [4.69, 9.17) is 4.74 Å². The maximum atomic E-state index is 11.5. The molecule has 0 aromatic heterocycles. The fraction of sp³-hybridized carbons (Fsp3) is 0.562. The molecule has 3 rings (SSSR count). The number of fused-ring (bicyclic) bond motifs is 1. The summed E-state index contributed by atoms with van der Waals surface area (Å²) >= 11 is 0. The summed E-state index contributed by atoms with van der Waals surface area (Å²) in [4.78, 5) is 11.5. The lowest BCUT2D eigenvalue weighted by molar-refractivity contribution is -0.157. The minimum absolute atomic E-state index is 0.307. The maximum absolute atomic E-state index is 11.5. The van der Waals surface area contributed by atoms with Crippen molar-refractivity contribution in [1.82, 2.24) is 0 Å². The molecule has 1 heterocycles. The number of carboxylic acids is 1. The summed E-state index contributed by atoms with van der Waals surface area (Å²) in [5.41, 5.74) is 3.69. The Balaban J connectivity index is 2.00. The fourth-order valence-electron chi connectivity index (χ4n) is 3.57. The topological polar surface area (TPSA) is 46.5 Å². The zero-order valence-electron chi connectivity index (χ0n) is 11.3. The molecular formula is C16H20O3. The second-order valence-electron chi connectivity index (χ2n) is 5.79. The second kappa shape index (κ2) is 4.64. The third kappa shape index (κ3) is 1.88. The Morgan fingerprint density at radius 1 is 1.37 bits per heavy atom. The van der Waals surface area contributed by atoms with Gasteiger partial charge in [-0.15, -0.1) is 0 Å². The van der Waals surface area contributed by atoms with Gasteiger partial charge in [-0.05, 0) is 42.4 Å². The van der Waals surface area contributed by atoms with Crippen LogP contribution in [0.25, 0.3) is 0 Å². The Bertz CT molecular complexity index is 503. The summed E-state index contributed by atoms with van der Waals surface area (Å²) in [6, 6.07) is 6.54. The third-order valence-electron chi connectivity index (χ3n) is 4.77. The Hall–Kier alpha value is -1.35. The summed E-state index contributed by atoms with van der Waals surface area (Å²) in [5, 5.41) is 9.47. The van der Waals surface area contributed by atoms with Crippen LogP contribution >= 0.6 is 0 Å². The minimum Gasteiger partial charge on any atom is -0.481 e. The van der Waals surface area contributed by atoms with Crippen LogP contribution in [0.2, 0.25) is 0 Å². The van der Waals surface area contributed by atoms with Gasteiger partial charge in [-0.2, -0.15) is 0 Å². The smallest absolute Gasteiger partial charge is 0.307 e. The van der Waals surface area contributed by atoms with E-state index in [0.29, 0.717) is 19.6 Å². The van der Waals surface area contributed by atoms with E-state index in [-0.39, 0.29) is 11.3 Å². The molecule has 1 fully saturated rings. The summed E-state index contributed by atoms with van der Waals surface area (Å²) in [6.45, 7) is 3.03. The van der Waals surface area contributed by atoms with E-state index in [2.05, 4.69) is 18.2 Å². The average molecular weight is 260 g/mol. The first-order valence-electron chi connectivity index (χ1n) is 7.10. The minimum atomic E-state index is -0.703. The van der Waals surface area contributed by atoms with E-state index in [1.54, 1.807) is 0 Å². The SMILES string of the molecule is CCC(C(=O)O)C1(c2ccc3c(c2)CCC3)COC1. The molecule has 0 radical (unpaired) electrons. The largest absolute Gasteiger partial charge is 0.481 e. The Morgan fingerprint density at radius 3 is 2.68 bits per heavy atom. The highest BCUT2D eigenvalue weighted by Gasteiger charge is 2.49. The van der Waals surface area contributed by atoms with Crippen molar-refractivity contribution in [2.24, 2.45) is 5.92 Å². The number of aliphatic carboxylic acids is 1. The molecule has 1 saturated heterocycles. The fourth-order valence-corrected chi connectivity index (χ4v) is 3.57. The van der Waals surface area contributed by atoms with E-state index in [1.165, 1.54) is 17.5 Å². The predicted molar refractivity (Wildman–Crippen MR) is 72.4 cm³/mol. The lowest BCUT2D eigenvalue weighted by Crippen LogP contribution is -2.54. The van der Waals surface area contributed by atoms with Crippen LogP contribution in [0.3, 0.4) is 0 Å². The van der Waals surface area contributed by atoms with Crippen LogP contribution in [-0.4, -0.2) is 24.3 Å². The van der Waals surface area contributed by atoms with Crippen LogP contribution in [0.5, 0.6) is 0 Å². The monoisotopic (exact) mass is 260 g/mol. The number of ether oxygens (including phenoxy) is 1. The molecule has 1 aromatic carbocycles. The first-order chi connectivity index (χ1) is 9.17. The van der Waals surface area contributed by atoms with Gasteiger partial charge >= 0.3 is 5.97 Å². The number of carboxylic acid groups (broad SMARTS) is 1. The molecule has 19 heavy (non-hydrogen) atoms. The molecule has 3 nitrogen and oxygen atoms in total. The molecule has 2 aliphatic rings. The summed E-state index contributed by atoms with van der Waals surface area (Å²) in [6.07, 6.45) is 4.16. The highest BCUT2D eigenvalue weighted by atomic mass is 16.5. The van der Waals surface area contributed by atoms with E-state index in [0.717, 1.165) is 18.4 Å². The van der Waals surface area contributed by atoms with E-state index >= 15 is 0 Å². The molecule has 1 N–H and O–H groups in total. The molecule has 1 aromatic rings. The molecule has 0 saturated carbocycles. The predicted octanol–water partition coefficient (Wildman–Crippen LogP) is 2.55.